The number of carbonyl (C=O) groups excluding carboxylic acids is 6. The van der Waals surface area contributed by atoms with E-state index in [-0.39, 0.29) is 41.0 Å². The molecule has 3 heterocycles. The number of benzene rings is 2. The third kappa shape index (κ3) is 19.7. The smallest absolute Gasteiger partial charge is 0.262 e. The molecular weight excluding hydrogens is 715 g/mol. The van der Waals surface area contributed by atoms with Gasteiger partial charge in [0.2, 0.25) is 17.7 Å². The number of fused-ring (bicyclic) bond motifs is 2. The van der Waals surface area contributed by atoms with Crippen molar-refractivity contribution >= 4 is 35.4 Å². The number of imide groups is 3. The molecule has 2 aromatic carbocycles. The maximum Gasteiger partial charge on any atom is 0.262 e. The molecule has 0 aromatic heterocycles. The molecule has 2 aromatic rings. The average molecular weight is 792 g/mol. The molecule has 0 aliphatic carbocycles. The fourth-order valence-electron chi connectivity index (χ4n) is 5.16. The van der Waals surface area contributed by atoms with Gasteiger partial charge in [0.25, 0.3) is 17.7 Å². The largest absolute Gasteiger partial charge is 0.277 e. The number of hydrogen-bond donors (Lipinski definition) is 0. The molecule has 1 saturated heterocycles. The molecular formula is C48H77N3O6. The molecule has 0 saturated carbocycles. The third-order valence-corrected chi connectivity index (χ3v) is 6.90. The summed E-state index contributed by atoms with van der Waals surface area (Å²) in [5.74, 6) is -0.758. The van der Waals surface area contributed by atoms with Crippen LogP contribution in [0.4, 0.5) is 0 Å². The maximum absolute atomic E-state index is 12.2. The molecule has 320 valence electrons. The Hall–Kier alpha value is -4.14. The summed E-state index contributed by atoms with van der Waals surface area (Å²) in [6, 6.07) is 14.2. The van der Waals surface area contributed by atoms with Gasteiger partial charge >= 0.3 is 0 Å². The minimum Gasteiger partial charge on any atom is -0.277 e. The molecule has 6 amide bonds. The molecule has 5 rings (SSSR count). The van der Waals surface area contributed by atoms with E-state index in [4.69, 9.17) is 0 Å². The SMILES string of the molecule is CC(C)(C)C.CC(C)(C)C.CC(C)(C)C.CC(C)(C)N1C(=O)CCC1=O.CC(C)(C)N1C(=O)Cc2ccccc2C1=O.CC(C)(C)N1C(=O)c2ccccc2C1=O. The topological polar surface area (TPSA) is 112 Å². The van der Waals surface area contributed by atoms with Crippen LogP contribution in [0.5, 0.6) is 0 Å². The van der Waals surface area contributed by atoms with Crippen LogP contribution >= 0.6 is 0 Å². The van der Waals surface area contributed by atoms with Crippen molar-refractivity contribution < 1.29 is 28.8 Å². The molecule has 0 radical (unpaired) electrons. The Morgan fingerprint density at radius 2 is 0.614 bits per heavy atom. The van der Waals surface area contributed by atoms with Crippen LogP contribution in [0, 0.1) is 16.2 Å². The zero-order valence-electron chi connectivity index (χ0n) is 39.5. The number of carbonyl (C=O) groups is 6. The van der Waals surface area contributed by atoms with Crippen molar-refractivity contribution in [1.82, 2.24) is 14.7 Å². The lowest BCUT2D eigenvalue weighted by atomic mass is 9.94. The summed E-state index contributed by atoms with van der Waals surface area (Å²) in [7, 11) is 0. The molecule has 3 aliphatic heterocycles. The quantitative estimate of drug-likeness (QED) is 0.246. The highest BCUT2D eigenvalue weighted by Gasteiger charge is 2.42. The second-order valence-electron chi connectivity index (χ2n) is 22.5. The first-order chi connectivity index (χ1) is 25.3. The highest BCUT2D eigenvalue weighted by atomic mass is 16.2. The number of amides is 6. The molecule has 0 unspecified atom stereocenters. The fraction of sp³-hybridized carbons (Fsp3) is 0.625. The summed E-state index contributed by atoms with van der Waals surface area (Å²) in [4.78, 5) is 74.3. The molecule has 9 nitrogen and oxygen atoms in total. The Morgan fingerprint density at radius 3 is 0.895 bits per heavy atom. The summed E-state index contributed by atoms with van der Waals surface area (Å²) in [6.45, 7) is 43.0. The Balaban J connectivity index is 0.000000709. The van der Waals surface area contributed by atoms with Crippen LogP contribution in [0.25, 0.3) is 0 Å². The van der Waals surface area contributed by atoms with Crippen LogP contribution in [0.3, 0.4) is 0 Å². The predicted molar refractivity (Wildman–Crippen MR) is 234 cm³/mol. The highest BCUT2D eigenvalue weighted by molar-refractivity contribution is 6.21. The molecule has 3 aliphatic rings. The van der Waals surface area contributed by atoms with Gasteiger partial charge in [-0.05, 0) is 102 Å². The minimum absolute atomic E-state index is 0.0394. The van der Waals surface area contributed by atoms with Gasteiger partial charge in [0.05, 0.1) is 17.5 Å². The number of likely N-dealkylation sites (tertiary alicyclic amines) is 1. The predicted octanol–water partition coefficient (Wildman–Crippen LogP) is 11.2. The van der Waals surface area contributed by atoms with Crippen molar-refractivity contribution in [3.63, 3.8) is 0 Å². The van der Waals surface area contributed by atoms with Crippen molar-refractivity contribution in [1.29, 1.82) is 0 Å². The Morgan fingerprint density at radius 1 is 0.351 bits per heavy atom. The standard InChI is InChI=1S/C13H15NO2.C12H13NO2.C8H13NO2.3C5H12/c1-13(2,3)14-11(15)8-9-6-4-5-7-10(9)12(14)16;1-12(2,3)13-10(14)8-6-4-5-7-9(8)11(13)15;1-8(2,3)9-6(10)4-5-7(9)11;3*1-5(2,3)4/h4-7H,8H2,1-3H3;4-7H,1-3H3;4-5H2,1-3H3;3*1-4H3. The van der Waals surface area contributed by atoms with E-state index in [0.717, 1.165) is 5.56 Å². The molecule has 9 heteroatoms. The van der Waals surface area contributed by atoms with Crippen LogP contribution < -0.4 is 0 Å². The van der Waals surface area contributed by atoms with E-state index in [1.54, 1.807) is 30.3 Å². The summed E-state index contributed by atoms with van der Waals surface area (Å²) in [6.07, 6.45) is 1.09. The minimum atomic E-state index is -0.465. The second kappa shape index (κ2) is 20.0. The van der Waals surface area contributed by atoms with Crippen molar-refractivity contribution in [2.75, 3.05) is 0 Å². The molecule has 0 spiro atoms. The van der Waals surface area contributed by atoms with Crippen molar-refractivity contribution in [3.05, 3.63) is 70.8 Å². The third-order valence-electron chi connectivity index (χ3n) is 6.90. The van der Waals surface area contributed by atoms with Crippen molar-refractivity contribution in [3.8, 4) is 0 Å². The van der Waals surface area contributed by atoms with Gasteiger partial charge in [0.1, 0.15) is 0 Å². The van der Waals surface area contributed by atoms with Crippen LogP contribution in [-0.2, 0) is 20.8 Å². The highest BCUT2D eigenvalue weighted by Crippen LogP contribution is 2.29. The van der Waals surface area contributed by atoms with E-state index in [9.17, 15) is 28.8 Å². The number of hydrogen-bond acceptors (Lipinski definition) is 6. The molecule has 1 fully saturated rings. The molecule has 0 N–H and O–H groups in total. The van der Waals surface area contributed by atoms with Gasteiger partial charge in [0, 0.05) is 35.0 Å². The number of rotatable bonds is 0. The van der Waals surface area contributed by atoms with Crippen LogP contribution in [0.15, 0.2) is 48.5 Å². The lowest BCUT2D eigenvalue weighted by molar-refractivity contribution is -0.143. The van der Waals surface area contributed by atoms with Gasteiger partial charge in [-0.2, -0.15) is 0 Å². The average Bonchev–Trinajstić information content (AvgIpc) is 3.44. The van der Waals surface area contributed by atoms with Gasteiger partial charge in [-0.3, -0.25) is 43.5 Å². The Bertz CT molecular complexity index is 1620. The van der Waals surface area contributed by atoms with E-state index >= 15 is 0 Å². The summed E-state index contributed by atoms with van der Waals surface area (Å²) in [5, 5.41) is 0. The first-order valence-electron chi connectivity index (χ1n) is 20.1. The van der Waals surface area contributed by atoms with Crippen molar-refractivity contribution in [2.45, 2.75) is 181 Å². The Labute approximate surface area is 346 Å². The summed E-state index contributed by atoms with van der Waals surface area (Å²) in [5.41, 5.74) is 2.74. The normalized spacial score (nSPS) is 15.7. The maximum atomic E-state index is 12.2. The lowest BCUT2D eigenvalue weighted by Crippen LogP contribution is -2.52. The van der Waals surface area contributed by atoms with E-state index in [1.165, 1.54) is 14.7 Å². The zero-order chi connectivity index (χ0) is 45.3. The summed E-state index contributed by atoms with van der Waals surface area (Å²) < 4.78 is 0. The molecule has 0 atom stereocenters. The van der Waals surface area contributed by atoms with Gasteiger partial charge in [0.15, 0.2) is 0 Å². The number of nitrogens with zero attached hydrogens (tertiary/aromatic N) is 3. The van der Waals surface area contributed by atoms with Crippen LogP contribution in [0.2, 0.25) is 0 Å². The monoisotopic (exact) mass is 792 g/mol. The molecule has 57 heavy (non-hydrogen) atoms. The first-order valence-corrected chi connectivity index (χ1v) is 20.1. The van der Waals surface area contributed by atoms with Gasteiger partial charge in [-0.25, -0.2) is 0 Å². The van der Waals surface area contributed by atoms with Gasteiger partial charge < -0.3 is 0 Å². The van der Waals surface area contributed by atoms with Crippen LogP contribution in [0.1, 0.15) is 195 Å². The van der Waals surface area contributed by atoms with E-state index in [0.29, 0.717) is 52.2 Å². The Kier molecular flexibility index (Phi) is 18.6. The fourth-order valence-corrected chi connectivity index (χ4v) is 5.16. The zero-order valence-corrected chi connectivity index (χ0v) is 39.5. The first kappa shape index (κ1) is 52.9. The van der Waals surface area contributed by atoms with Gasteiger partial charge in [-0.1, -0.05) is 113 Å². The van der Waals surface area contributed by atoms with E-state index in [1.807, 2.05) is 80.5 Å². The lowest BCUT2D eigenvalue weighted by Gasteiger charge is -2.37. The summed E-state index contributed by atoms with van der Waals surface area (Å²) >= 11 is 0. The van der Waals surface area contributed by atoms with E-state index in [2.05, 4.69) is 83.1 Å². The van der Waals surface area contributed by atoms with Crippen molar-refractivity contribution in [2.24, 2.45) is 16.2 Å². The van der Waals surface area contributed by atoms with Gasteiger partial charge in [-0.15, -0.1) is 0 Å². The van der Waals surface area contributed by atoms with E-state index < -0.39 is 11.1 Å². The second-order valence-corrected chi connectivity index (χ2v) is 22.5. The van der Waals surface area contributed by atoms with Crippen LogP contribution in [-0.4, -0.2) is 66.8 Å². The molecule has 0 bridgehead atoms.